The van der Waals surface area contributed by atoms with E-state index >= 15 is 0 Å². The molecule has 0 unspecified atom stereocenters. The van der Waals surface area contributed by atoms with E-state index < -0.39 is 0 Å². The van der Waals surface area contributed by atoms with Crippen LogP contribution in [0.1, 0.15) is 36.0 Å². The summed E-state index contributed by atoms with van der Waals surface area (Å²) in [5.74, 6) is 0.114. The summed E-state index contributed by atoms with van der Waals surface area (Å²) < 4.78 is 0. The zero-order chi connectivity index (χ0) is 16.2. The second-order valence-corrected chi connectivity index (χ2v) is 6.61. The third-order valence-electron chi connectivity index (χ3n) is 4.90. The van der Waals surface area contributed by atoms with Gasteiger partial charge in [-0.05, 0) is 58.0 Å². The highest BCUT2D eigenvalue weighted by Crippen LogP contribution is 2.23. The molecule has 3 rings (SSSR count). The number of nitrogens with zero attached hydrogens (tertiary/aromatic N) is 2. The second-order valence-electron chi connectivity index (χ2n) is 6.61. The van der Waals surface area contributed by atoms with Crippen LogP contribution in [0.4, 0.5) is 5.69 Å². The van der Waals surface area contributed by atoms with Crippen LogP contribution in [0.2, 0.25) is 0 Å². The molecule has 0 radical (unpaired) electrons. The van der Waals surface area contributed by atoms with E-state index in [-0.39, 0.29) is 17.7 Å². The summed E-state index contributed by atoms with van der Waals surface area (Å²) in [5, 5.41) is 2.99. The monoisotopic (exact) mass is 315 g/mol. The summed E-state index contributed by atoms with van der Waals surface area (Å²) in [4.78, 5) is 29.3. The molecule has 0 saturated carbocycles. The number of benzene rings is 1. The Morgan fingerprint density at radius 3 is 2.39 bits per heavy atom. The zero-order valence-electron chi connectivity index (χ0n) is 13.8. The maximum absolute atomic E-state index is 12.6. The fraction of sp³-hybridized carbons (Fsp3) is 0.556. The van der Waals surface area contributed by atoms with Crippen LogP contribution in [0.25, 0.3) is 0 Å². The lowest BCUT2D eigenvalue weighted by atomic mass is 9.96. The highest BCUT2D eigenvalue weighted by atomic mass is 16.2. The van der Waals surface area contributed by atoms with E-state index in [0.29, 0.717) is 11.3 Å². The van der Waals surface area contributed by atoms with Gasteiger partial charge in [0.25, 0.3) is 5.91 Å². The van der Waals surface area contributed by atoms with Crippen molar-refractivity contribution < 1.29 is 9.59 Å². The van der Waals surface area contributed by atoms with Crippen LogP contribution in [0.3, 0.4) is 0 Å². The molecule has 1 N–H and O–H groups in total. The van der Waals surface area contributed by atoms with Crippen molar-refractivity contribution in [2.24, 2.45) is 5.92 Å². The fourth-order valence-corrected chi connectivity index (χ4v) is 3.37. The minimum atomic E-state index is 0.0294. The molecule has 23 heavy (non-hydrogen) atoms. The van der Waals surface area contributed by atoms with Crippen LogP contribution in [0.15, 0.2) is 24.3 Å². The van der Waals surface area contributed by atoms with Gasteiger partial charge in [0.1, 0.15) is 0 Å². The summed E-state index contributed by atoms with van der Waals surface area (Å²) in [6.45, 7) is 3.53. The van der Waals surface area contributed by atoms with Gasteiger partial charge in [0, 0.05) is 19.0 Å². The number of hydrogen-bond acceptors (Lipinski definition) is 3. The van der Waals surface area contributed by atoms with Crippen molar-refractivity contribution in [1.82, 2.24) is 9.80 Å². The van der Waals surface area contributed by atoms with Crippen molar-refractivity contribution in [2.45, 2.75) is 25.7 Å². The van der Waals surface area contributed by atoms with E-state index in [1.54, 1.807) is 0 Å². The van der Waals surface area contributed by atoms with Crippen LogP contribution in [-0.4, -0.2) is 54.8 Å². The Labute approximate surface area is 137 Å². The van der Waals surface area contributed by atoms with Crippen molar-refractivity contribution in [3.05, 3.63) is 29.8 Å². The predicted molar refractivity (Wildman–Crippen MR) is 90.4 cm³/mol. The number of para-hydroxylation sites is 1. The van der Waals surface area contributed by atoms with Gasteiger partial charge < -0.3 is 15.1 Å². The van der Waals surface area contributed by atoms with E-state index in [9.17, 15) is 9.59 Å². The SMILES string of the molecule is CN1CCC(C(=O)Nc2ccccc2C(=O)N2CCCC2)CC1. The minimum absolute atomic E-state index is 0.0294. The lowest BCUT2D eigenvalue weighted by Gasteiger charge is -2.28. The summed E-state index contributed by atoms with van der Waals surface area (Å²) >= 11 is 0. The number of hydrogen-bond donors (Lipinski definition) is 1. The highest BCUT2D eigenvalue weighted by Gasteiger charge is 2.26. The Morgan fingerprint density at radius 2 is 1.70 bits per heavy atom. The predicted octanol–water partition coefficient (Wildman–Crippen LogP) is 2.20. The quantitative estimate of drug-likeness (QED) is 0.930. The summed E-state index contributed by atoms with van der Waals surface area (Å²) in [6.07, 6.45) is 3.89. The van der Waals surface area contributed by atoms with Crippen molar-refractivity contribution in [1.29, 1.82) is 0 Å². The Kier molecular flexibility index (Phi) is 4.96. The van der Waals surface area contributed by atoms with Gasteiger partial charge >= 0.3 is 0 Å². The van der Waals surface area contributed by atoms with Gasteiger partial charge in [0.05, 0.1) is 11.3 Å². The zero-order valence-corrected chi connectivity index (χ0v) is 13.8. The van der Waals surface area contributed by atoms with Gasteiger partial charge in [-0.3, -0.25) is 9.59 Å². The molecule has 1 aromatic rings. The molecular formula is C18H25N3O2. The van der Waals surface area contributed by atoms with Crippen LogP contribution < -0.4 is 5.32 Å². The molecule has 2 heterocycles. The molecular weight excluding hydrogens is 290 g/mol. The summed E-state index contributed by atoms with van der Waals surface area (Å²) in [5.41, 5.74) is 1.25. The minimum Gasteiger partial charge on any atom is -0.339 e. The molecule has 124 valence electrons. The molecule has 2 fully saturated rings. The Bertz CT molecular complexity index is 573. The highest BCUT2D eigenvalue weighted by molar-refractivity contribution is 6.04. The van der Waals surface area contributed by atoms with Gasteiger partial charge in [-0.15, -0.1) is 0 Å². The Hall–Kier alpha value is -1.88. The standard InChI is InChI=1S/C18H25N3O2/c1-20-12-8-14(9-13-20)17(22)19-16-7-3-2-6-15(16)18(23)21-10-4-5-11-21/h2-3,6-7,14H,4-5,8-13H2,1H3,(H,19,22). The maximum atomic E-state index is 12.6. The van der Waals surface area contributed by atoms with Crippen molar-refractivity contribution in [3.8, 4) is 0 Å². The van der Waals surface area contributed by atoms with Crippen molar-refractivity contribution in [3.63, 3.8) is 0 Å². The molecule has 2 aliphatic rings. The molecule has 2 aliphatic heterocycles. The Balaban J connectivity index is 1.70. The first-order valence-corrected chi connectivity index (χ1v) is 8.53. The smallest absolute Gasteiger partial charge is 0.255 e. The van der Waals surface area contributed by atoms with E-state index in [0.717, 1.165) is 51.9 Å². The topological polar surface area (TPSA) is 52.7 Å². The lowest BCUT2D eigenvalue weighted by Crippen LogP contribution is -2.36. The van der Waals surface area contributed by atoms with E-state index in [4.69, 9.17) is 0 Å². The molecule has 2 saturated heterocycles. The molecule has 0 bridgehead atoms. The van der Waals surface area contributed by atoms with Crippen LogP contribution in [-0.2, 0) is 4.79 Å². The van der Waals surface area contributed by atoms with Gasteiger partial charge in [-0.25, -0.2) is 0 Å². The fourth-order valence-electron chi connectivity index (χ4n) is 3.37. The van der Waals surface area contributed by atoms with E-state index in [1.165, 1.54) is 0 Å². The number of amides is 2. The number of piperidine rings is 1. The van der Waals surface area contributed by atoms with Crippen LogP contribution in [0.5, 0.6) is 0 Å². The lowest BCUT2D eigenvalue weighted by molar-refractivity contribution is -0.121. The van der Waals surface area contributed by atoms with Crippen molar-refractivity contribution >= 4 is 17.5 Å². The number of anilines is 1. The largest absolute Gasteiger partial charge is 0.339 e. The molecule has 5 heteroatoms. The molecule has 0 atom stereocenters. The average Bonchev–Trinajstić information content (AvgIpc) is 3.10. The van der Waals surface area contributed by atoms with Gasteiger partial charge in [0.15, 0.2) is 0 Å². The Morgan fingerprint density at radius 1 is 1.04 bits per heavy atom. The number of nitrogens with one attached hydrogen (secondary N) is 1. The van der Waals surface area contributed by atoms with Crippen molar-refractivity contribution in [2.75, 3.05) is 38.5 Å². The molecule has 0 aromatic heterocycles. The normalized spacial score (nSPS) is 19.8. The first kappa shape index (κ1) is 16.0. The van der Waals surface area contributed by atoms with Gasteiger partial charge in [-0.2, -0.15) is 0 Å². The summed E-state index contributed by atoms with van der Waals surface area (Å²) in [6, 6.07) is 7.36. The summed E-state index contributed by atoms with van der Waals surface area (Å²) in [7, 11) is 2.08. The van der Waals surface area contributed by atoms with Crippen LogP contribution >= 0.6 is 0 Å². The third-order valence-corrected chi connectivity index (χ3v) is 4.90. The second kappa shape index (κ2) is 7.13. The van der Waals surface area contributed by atoms with Gasteiger partial charge in [-0.1, -0.05) is 12.1 Å². The number of carbonyl (C=O) groups is 2. The maximum Gasteiger partial charge on any atom is 0.255 e. The molecule has 2 amide bonds. The third kappa shape index (κ3) is 3.72. The van der Waals surface area contributed by atoms with Gasteiger partial charge in [0.2, 0.25) is 5.91 Å². The number of likely N-dealkylation sites (tertiary alicyclic amines) is 2. The number of carbonyl (C=O) groups excluding carboxylic acids is 2. The van der Waals surface area contributed by atoms with E-state index in [2.05, 4.69) is 17.3 Å². The molecule has 0 aliphatic carbocycles. The first-order chi connectivity index (χ1) is 11.1. The first-order valence-electron chi connectivity index (χ1n) is 8.53. The average molecular weight is 315 g/mol. The molecule has 5 nitrogen and oxygen atoms in total. The molecule has 1 aromatic carbocycles. The van der Waals surface area contributed by atoms with E-state index in [1.807, 2.05) is 29.2 Å². The van der Waals surface area contributed by atoms with Crippen LogP contribution in [0, 0.1) is 5.92 Å². The molecule has 0 spiro atoms. The number of rotatable bonds is 3.